The molecule has 0 radical (unpaired) electrons. The molecule has 2 saturated carbocycles. The lowest BCUT2D eigenvalue weighted by molar-refractivity contribution is -0.138. The van der Waals surface area contributed by atoms with Crippen LogP contribution >= 0.6 is 11.6 Å². The standard InChI is InChI=1S/C46H51ClN8O7/c1-22(2)37(51-45(58)60-3)43(56)54-33-18-29(33)20-35(54)41-48-31-10-9-27(17-32(31)49-41)25-5-6-26-16-28(8-7-24(26)15-25)38-40(47)53-42(50-38)36-21-30-19-34(30)55(36)44(57)39(52-46(59)61-4)23-11-13-62-14-12-23/h5-10,15-17,22-23,29-30,33-37,39H,11-14,18-21H2,1-4H3,(H,48,49)(H,50,53)(H,51,58)(H,52,59)/t29-,30-,33?,34?,35+,36+,37+,39+/m1/s1. The van der Waals surface area contributed by atoms with Gasteiger partial charge in [-0.1, -0.05) is 55.8 Å². The molecule has 4 N–H and O–H groups in total. The number of carbonyl (C=O) groups is 4. The Morgan fingerprint density at radius 2 is 1.32 bits per heavy atom. The second kappa shape index (κ2) is 15.9. The van der Waals surface area contributed by atoms with Gasteiger partial charge in [-0.15, -0.1) is 0 Å². The number of methoxy groups -OCH3 is 2. The molecule has 0 bridgehead atoms. The molecule has 2 unspecified atom stereocenters. The highest BCUT2D eigenvalue weighted by molar-refractivity contribution is 6.32. The average Bonchev–Trinajstić information content (AvgIpc) is 3.97. The molecule has 15 nitrogen and oxygen atoms in total. The Balaban J connectivity index is 0.872. The van der Waals surface area contributed by atoms with Crippen molar-refractivity contribution in [2.75, 3.05) is 27.4 Å². The van der Waals surface area contributed by atoms with Crippen molar-refractivity contribution in [3.8, 4) is 22.4 Å². The molecule has 0 spiro atoms. The van der Waals surface area contributed by atoms with E-state index in [1.807, 2.05) is 35.8 Å². The molecule has 16 heteroatoms. The number of benzene rings is 3. The monoisotopic (exact) mass is 862 g/mol. The van der Waals surface area contributed by atoms with Gasteiger partial charge in [-0.3, -0.25) is 9.59 Å². The van der Waals surface area contributed by atoms with Gasteiger partial charge in [-0.2, -0.15) is 0 Å². The maximum Gasteiger partial charge on any atom is 0.407 e. The van der Waals surface area contributed by atoms with E-state index in [-0.39, 0.29) is 47.8 Å². The summed E-state index contributed by atoms with van der Waals surface area (Å²) in [6.45, 7) is 4.93. The summed E-state index contributed by atoms with van der Waals surface area (Å²) in [5, 5.41) is 8.01. The Morgan fingerprint density at radius 1 is 0.742 bits per heavy atom. The first kappa shape index (κ1) is 40.4. The third-order valence-electron chi connectivity index (χ3n) is 13.8. The quantitative estimate of drug-likeness (QED) is 0.112. The molecular formula is C46H51ClN8O7. The third-order valence-corrected chi connectivity index (χ3v) is 14.1. The minimum Gasteiger partial charge on any atom is -0.453 e. The van der Waals surface area contributed by atoms with Crippen LogP contribution < -0.4 is 10.6 Å². The number of nitrogens with one attached hydrogen (secondary N) is 4. The van der Waals surface area contributed by atoms with Crippen LogP contribution in [0.1, 0.15) is 76.1 Å². The maximum absolute atomic E-state index is 14.3. The zero-order valence-electron chi connectivity index (χ0n) is 35.2. The SMILES string of the molecule is COC(=O)N[C@H](C(=O)N1C2C[C@@H]2C[C@H]1c1nc2ccc(-c3ccc4cc(-c5[nH]c([C@@H]6C[C@H]7CC7N6C(=O)[C@@H](NC(=O)OC)C6CCOCC6)nc5Cl)ccc4c3)cc2[nH]1)C(C)C. The minimum absolute atomic E-state index is 0.0521. The lowest BCUT2D eigenvalue weighted by atomic mass is 9.90. The molecular weight excluding hydrogens is 812 g/mol. The van der Waals surface area contributed by atoms with Crippen LogP contribution in [-0.4, -0.2) is 105 Å². The summed E-state index contributed by atoms with van der Waals surface area (Å²) in [5.74, 6) is 1.83. The minimum atomic E-state index is -0.713. The number of imidazole rings is 2. The number of halogens is 1. The van der Waals surface area contributed by atoms with Crippen molar-refractivity contribution in [1.82, 2.24) is 40.4 Å². The molecule has 5 heterocycles. The number of rotatable bonds is 10. The fourth-order valence-electron chi connectivity index (χ4n) is 10.3. The van der Waals surface area contributed by atoms with Crippen LogP contribution in [0.25, 0.3) is 44.2 Å². The van der Waals surface area contributed by atoms with Gasteiger partial charge in [0.2, 0.25) is 11.8 Å². The Labute approximate surface area is 363 Å². The van der Waals surface area contributed by atoms with Crippen molar-refractivity contribution in [1.29, 1.82) is 0 Å². The zero-order chi connectivity index (χ0) is 43.0. The van der Waals surface area contributed by atoms with E-state index >= 15 is 0 Å². The number of H-pyrrole nitrogens is 2. The molecule has 3 aromatic carbocycles. The van der Waals surface area contributed by atoms with E-state index in [9.17, 15) is 19.2 Å². The Kier molecular flexibility index (Phi) is 10.4. The van der Waals surface area contributed by atoms with Crippen LogP contribution in [-0.2, 0) is 23.8 Å². The van der Waals surface area contributed by atoms with Crippen molar-refractivity contribution in [2.24, 2.45) is 23.7 Å². The van der Waals surface area contributed by atoms with Crippen LogP contribution in [0.5, 0.6) is 0 Å². The largest absolute Gasteiger partial charge is 0.453 e. The van der Waals surface area contributed by atoms with Crippen molar-refractivity contribution < 1.29 is 33.4 Å². The van der Waals surface area contributed by atoms with Crippen LogP contribution in [0.2, 0.25) is 5.15 Å². The first-order chi connectivity index (χ1) is 30.0. The number of ether oxygens (including phenoxy) is 3. The van der Waals surface area contributed by atoms with Gasteiger partial charge in [-0.25, -0.2) is 19.6 Å². The van der Waals surface area contributed by atoms with E-state index < -0.39 is 24.3 Å². The van der Waals surface area contributed by atoms with Gasteiger partial charge < -0.3 is 44.6 Å². The summed E-state index contributed by atoms with van der Waals surface area (Å²) in [5.41, 5.74) is 5.35. The number of alkyl carbamates (subject to hydrolysis) is 2. The summed E-state index contributed by atoms with van der Waals surface area (Å²) < 4.78 is 15.3. The second-order valence-corrected chi connectivity index (χ2v) is 18.3. The van der Waals surface area contributed by atoms with Crippen molar-refractivity contribution in [2.45, 2.75) is 88.6 Å². The molecule has 3 aliphatic heterocycles. The van der Waals surface area contributed by atoms with Gasteiger partial charge in [0.1, 0.15) is 23.7 Å². The number of carbonyl (C=O) groups excluding carboxylic acids is 4. The highest BCUT2D eigenvalue weighted by Crippen LogP contribution is 2.55. The number of piperidine rings is 2. The van der Waals surface area contributed by atoms with E-state index in [1.165, 1.54) is 14.2 Å². The summed E-state index contributed by atoms with van der Waals surface area (Å²) in [4.78, 5) is 73.4. The summed E-state index contributed by atoms with van der Waals surface area (Å²) in [6.07, 6.45) is 3.63. The smallest absolute Gasteiger partial charge is 0.407 e. The summed E-state index contributed by atoms with van der Waals surface area (Å²) in [6, 6.07) is 17.1. The number of aromatic nitrogens is 4. The number of aromatic amines is 2. The number of hydrogen-bond donors (Lipinski definition) is 4. The predicted molar refractivity (Wildman–Crippen MR) is 231 cm³/mol. The van der Waals surface area contributed by atoms with Gasteiger partial charge in [0.05, 0.1) is 43.0 Å². The first-order valence-corrected chi connectivity index (χ1v) is 22.1. The van der Waals surface area contributed by atoms with Crippen LogP contribution in [0, 0.1) is 23.7 Å². The zero-order valence-corrected chi connectivity index (χ0v) is 35.9. The topological polar surface area (TPSA) is 184 Å². The molecule has 2 aliphatic carbocycles. The number of likely N-dealkylation sites (tertiary alicyclic amines) is 2. The second-order valence-electron chi connectivity index (χ2n) is 18.0. The summed E-state index contributed by atoms with van der Waals surface area (Å²) >= 11 is 6.85. The predicted octanol–water partition coefficient (Wildman–Crippen LogP) is 7.28. The summed E-state index contributed by atoms with van der Waals surface area (Å²) in [7, 11) is 2.61. The van der Waals surface area contributed by atoms with Crippen LogP contribution in [0.15, 0.2) is 54.6 Å². The average molecular weight is 863 g/mol. The molecule has 5 fully saturated rings. The van der Waals surface area contributed by atoms with Crippen molar-refractivity contribution in [3.05, 3.63) is 71.4 Å². The van der Waals surface area contributed by atoms with E-state index in [1.54, 1.807) is 0 Å². The highest BCUT2D eigenvalue weighted by atomic mass is 35.5. The fraction of sp³-hybridized carbons (Fsp3) is 0.478. The van der Waals surface area contributed by atoms with Gasteiger partial charge in [-0.05, 0) is 108 Å². The molecule has 324 valence electrons. The molecule has 4 amide bonds. The number of amides is 4. The molecule has 10 rings (SSSR count). The number of fused-ring (bicyclic) bond motifs is 4. The lowest BCUT2D eigenvalue weighted by Crippen LogP contribution is -2.54. The third kappa shape index (κ3) is 7.32. The Bertz CT molecular complexity index is 2590. The highest BCUT2D eigenvalue weighted by Gasteiger charge is 2.58. The maximum atomic E-state index is 14.3. The lowest BCUT2D eigenvalue weighted by Gasteiger charge is -2.35. The van der Waals surface area contributed by atoms with Crippen molar-refractivity contribution in [3.63, 3.8) is 0 Å². The van der Waals surface area contributed by atoms with E-state index in [0.29, 0.717) is 54.6 Å². The molecule has 5 aromatic rings. The van der Waals surface area contributed by atoms with Gasteiger partial charge in [0.25, 0.3) is 0 Å². The van der Waals surface area contributed by atoms with Gasteiger partial charge in [0.15, 0.2) is 5.15 Å². The van der Waals surface area contributed by atoms with Crippen molar-refractivity contribution >= 4 is 57.4 Å². The Morgan fingerprint density at radius 3 is 1.98 bits per heavy atom. The Hall–Kier alpha value is -5.67. The first-order valence-electron chi connectivity index (χ1n) is 21.7. The molecule has 2 aromatic heterocycles. The van der Waals surface area contributed by atoms with E-state index in [4.69, 9.17) is 35.8 Å². The van der Waals surface area contributed by atoms with Crippen LogP contribution in [0.3, 0.4) is 0 Å². The number of hydrogen-bond acceptors (Lipinski definition) is 9. The molecule has 8 atom stereocenters. The molecule has 5 aliphatic rings. The van der Waals surface area contributed by atoms with Gasteiger partial charge >= 0.3 is 12.2 Å². The molecule has 62 heavy (non-hydrogen) atoms. The van der Waals surface area contributed by atoms with E-state index in [0.717, 1.165) is 70.0 Å². The fourth-order valence-corrected chi connectivity index (χ4v) is 10.6. The number of nitrogens with zero attached hydrogens (tertiary/aromatic N) is 4. The van der Waals surface area contributed by atoms with Gasteiger partial charge in [0, 0.05) is 30.9 Å². The van der Waals surface area contributed by atoms with Crippen LogP contribution in [0.4, 0.5) is 9.59 Å². The van der Waals surface area contributed by atoms with E-state index in [2.05, 4.69) is 63.1 Å². The normalized spacial score (nSPS) is 25.1. The molecule has 3 saturated heterocycles.